The van der Waals surface area contributed by atoms with Crippen molar-refractivity contribution in [3.05, 3.63) is 59.1 Å². The molecule has 0 amide bonds. The Bertz CT molecular complexity index is 817. The van der Waals surface area contributed by atoms with Gasteiger partial charge in [-0.15, -0.1) is 0 Å². The zero-order valence-corrected chi connectivity index (χ0v) is 11.4. The van der Waals surface area contributed by atoms with E-state index >= 15 is 0 Å². The molecule has 0 aliphatic carbocycles. The third-order valence-electron chi connectivity index (χ3n) is 3.04. The molecule has 0 aliphatic rings. The van der Waals surface area contributed by atoms with Crippen molar-refractivity contribution < 1.29 is 13.3 Å². The van der Waals surface area contributed by atoms with Crippen molar-refractivity contribution in [2.24, 2.45) is 0 Å². The number of halogens is 3. The lowest BCUT2D eigenvalue weighted by Gasteiger charge is -2.05. The maximum atomic E-state index is 13.9. The Balaban J connectivity index is 2.25. The van der Waals surface area contributed by atoms with E-state index in [1.807, 2.05) is 0 Å². The first-order valence-electron chi connectivity index (χ1n) is 6.03. The number of aromatic nitrogens is 1. The molecule has 3 aromatic rings. The van der Waals surface area contributed by atoms with Gasteiger partial charge in [0.15, 0.2) is 11.6 Å². The number of hydrogen-bond acceptors (Lipinski definition) is 3. The van der Waals surface area contributed by atoms with E-state index < -0.39 is 11.6 Å². The number of nitrogens with zero attached hydrogens (tertiary/aromatic N) is 1. The van der Waals surface area contributed by atoms with Gasteiger partial charge in [0, 0.05) is 16.7 Å². The van der Waals surface area contributed by atoms with E-state index in [0.29, 0.717) is 16.1 Å². The second-order valence-electron chi connectivity index (χ2n) is 4.38. The normalized spacial score (nSPS) is 10.8. The van der Waals surface area contributed by atoms with Crippen LogP contribution in [0.2, 0.25) is 5.02 Å². The highest BCUT2D eigenvalue weighted by molar-refractivity contribution is 6.33. The summed E-state index contributed by atoms with van der Waals surface area (Å²) in [7, 11) is 0. The third kappa shape index (κ3) is 2.36. The molecule has 2 N–H and O–H groups in total. The molecule has 0 radical (unpaired) electrons. The lowest BCUT2D eigenvalue weighted by Crippen LogP contribution is -1.91. The predicted molar refractivity (Wildman–Crippen MR) is 76.7 cm³/mol. The molecule has 1 aromatic heterocycles. The summed E-state index contributed by atoms with van der Waals surface area (Å²) in [5.41, 5.74) is 6.81. The van der Waals surface area contributed by atoms with Gasteiger partial charge in [-0.3, -0.25) is 0 Å². The van der Waals surface area contributed by atoms with Crippen LogP contribution >= 0.6 is 11.6 Å². The first-order chi connectivity index (χ1) is 10.1. The lowest BCUT2D eigenvalue weighted by molar-refractivity contribution is 0.433. The largest absolute Gasteiger partial charge is 0.380 e. The molecule has 0 spiro atoms. The van der Waals surface area contributed by atoms with Gasteiger partial charge in [-0.2, -0.15) is 0 Å². The molecular weight excluding hydrogens is 298 g/mol. The summed E-state index contributed by atoms with van der Waals surface area (Å²) in [6, 6.07) is 10.1. The molecule has 21 heavy (non-hydrogen) atoms. The first-order valence-corrected chi connectivity index (χ1v) is 6.41. The first kappa shape index (κ1) is 13.6. The van der Waals surface area contributed by atoms with Crippen molar-refractivity contribution in [2.75, 3.05) is 5.73 Å². The van der Waals surface area contributed by atoms with Gasteiger partial charge < -0.3 is 10.3 Å². The van der Waals surface area contributed by atoms with E-state index in [4.69, 9.17) is 21.9 Å². The minimum absolute atomic E-state index is 0.0653. The van der Waals surface area contributed by atoms with Crippen LogP contribution in [0.15, 0.2) is 47.0 Å². The molecular formula is C15H9ClF2N2O. The van der Waals surface area contributed by atoms with Gasteiger partial charge in [0.1, 0.15) is 11.6 Å². The van der Waals surface area contributed by atoms with Crippen molar-refractivity contribution in [2.45, 2.75) is 0 Å². The molecule has 106 valence electrons. The van der Waals surface area contributed by atoms with Crippen LogP contribution in [0.25, 0.3) is 22.5 Å². The smallest absolute Gasteiger partial charge is 0.179 e. The highest BCUT2D eigenvalue weighted by atomic mass is 35.5. The summed E-state index contributed by atoms with van der Waals surface area (Å²) in [5.74, 6) is -1.25. The molecule has 0 unspecified atom stereocenters. The number of benzene rings is 2. The van der Waals surface area contributed by atoms with Crippen LogP contribution in [0.4, 0.5) is 14.6 Å². The van der Waals surface area contributed by atoms with E-state index in [0.717, 1.165) is 12.1 Å². The minimum Gasteiger partial charge on any atom is -0.380 e. The number of nitrogen functional groups attached to an aromatic ring is 1. The zero-order chi connectivity index (χ0) is 15.0. The van der Waals surface area contributed by atoms with Crippen molar-refractivity contribution in [3.63, 3.8) is 0 Å². The lowest BCUT2D eigenvalue weighted by atomic mass is 10.0. The minimum atomic E-state index is -0.764. The molecule has 3 nitrogen and oxygen atoms in total. The molecule has 6 heteroatoms. The fraction of sp³-hybridized carbons (Fsp3) is 0. The average Bonchev–Trinajstić information content (AvgIpc) is 2.81. The number of hydrogen-bond donors (Lipinski definition) is 1. The quantitative estimate of drug-likeness (QED) is 0.757. The van der Waals surface area contributed by atoms with Gasteiger partial charge >= 0.3 is 0 Å². The van der Waals surface area contributed by atoms with E-state index in [-0.39, 0.29) is 17.1 Å². The van der Waals surface area contributed by atoms with Crippen LogP contribution in [-0.2, 0) is 0 Å². The SMILES string of the molecule is Nc1noc(-c2ccc(F)cc2F)c1-c1ccccc1Cl. The Hall–Kier alpha value is -2.40. The van der Waals surface area contributed by atoms with Crippen LogP contribution in [0.1, 0.15) is 0 Å². The second kappa shape index (κ2) is 5.18. The van der Waals surface area contributed by atoms with Crippen LogP contribution < -0.4 is 5.73 Å². The van der Waals surface area contributed by atoms with Gasteiger partial charge in [0.2, 0.25) is 0 Å². The van der Waals surface area contributed by atoms with E-state index in [1.54, 1.807) is 24.3 Å². The highest BCUT2D eigenvalue weighted by Crippen LogP contribution is 2.40. The second-order valence-corrected chi connectivity index (χ2v) is 4.78. The van der Waals surface area contributed by atoms with E-state index in [1.165, 1.54) is 6.07 Å². The number of nitrogens with two attached hydrogens (primary N) is 1. The highest BCUT2D eigenvalue weighted by Gasteiger charge is 2.22. The Morgan fingerprint density at radius 3 is 2.52 bits per heavy atom. The summed E-state index contributed by atoms with van der Waals surface area (Å²) in [4.78, 5) is 0. The van der Waals surface area contributed by atoms with Gasteiger partial charge in [-0.05, 0) is 18.2 Å². The number of anilines is 1. The zero-order valence-electron chi connectivity index (χ0n) is 10.6. The van der Waals surface area contributed by atoms with E-state index in [2.05, 4.69) is 5.16 Å². The predicted octanol–water partition coefficient (Wildman–Crippen LogP) is 4.52. The van der Waals surface area contributed by atoms with Crippen LogP contribution in [0, 0.1) is 11.6 Å². The van der Waals surface area contributed by atoms with Crippen LogP contribution in [0.3, 0.4) is 0 Å². The van der Waals surface area contributed by atoms with Crippen molar-refractivity contribution in [1.29, 1.82) is 0 Å². The van der Waals surface area contributed by atoms with Crippen molar-refractivity contribution >= 4 is 17.4 Å². The third-order valence-corrected chi connectivity index (χ3v) is 3.37. The monoisotopic (exact) mass is 306 g/mol. The average molecular weight is 307 g/mol. The topological polar surface area (TPSA) is 52.0 Å². The number of rotatable bonds is 2. The van der Waals surface area contributed by atoms with Crippen molar-refractivity contribution in [1.82, 2.24) is 5.16 Å². The molecule has 1 heterocycles. The van der Waals surface area contributed by atoms with Crippen LogP contribution in [-0.4, -0.2) is 5.16 Å². The summed E-state index contributed by atoms with van der Waals surface area (Å²) < 4.78 is 32.1. The standard InChI is InChI=1S/C15H9ClF2N2O/c16-11-4-2-1-3-9(11)13-14(21-20-15(13)19)10-6-5-8(17)7-12(10)18/h1-7H,(H2,19,20). The van der Waals surface area contributed by atoms with Gasteiger partial charge in [-0.1, -0.05) is 35.0 Å². The maximum absolute atomic E-state index is 13.9. The molecule has 0 fully saturated rings. The molecule has 0 bridgehead atoms. The Morgan fingerprint density at radius 2 is 1.81 bits per heavy atom. The fourth-order valence-electron chi connectivity index (χ4n) is 2.08. The van der Waals surface area contributed by atoms with Gasteiger partial charge in [-0.25, -0.2) is 8.78 Å². The Labute approximate surface area is 123 Å². The van der Waals surface area contributed by atoms with Crippen LogP contribution in [0.5, 0.6) is 0 Å². The van der Waals surface area contributed by atoms with Crippen molar-refractivity contribution in [3.8, 4) is 22.5 Å². The molecule has 0 atom stereocenters. The molecule has 3 rings (SSSR count). The maximum Gasteiger partial charge on any atom is 0.179 e. The molecule has 0 saturated heterocycles. The van der Waals surface area contributed by atoms with Gasteiger partial charge in [0.25, 0.3) is 0 Å². The molecule has 0 aliphatic heterocycles. The van der Waals surface area contributed by atoms with Gasteiger partial charge in [0.05, 0.1) is 11.1 Å². The Morgan fingerprint density at radius 1 is 1.05 bits per heavy atom. The Kier molecular flexibility index (Phi) is 3.35. The molecule has 0 saturated carbocycles. The fourth-order valence-corrected chi connectivity index (χ4v) is 2.31. The molecule has 2 aromatic carbocycles. The summed E-state index contributed by atoms with van der Waals surface area (Å²) in [5, 5.41) is 4.08. The summed E-state index contributed by atoms with van der Waals surface area (Å²) in [6.45, 7) is 0. The summed E-state index contributed by atoms with van der Waals surface area (Å²) in [6.07, 6.45) is 0. The van der Waals surface area contributed by atoms with E-state index in [9.17, 15) is 8.78 Å². The summed E-state index contributed by atoms with van der Waals surface area (Å²) >= 11 is 6.13.